The molecule has 1 unspecified atom stereocenters. The van der Waals surface area contributed by atoms with Gasteiger partial charge in [-0.2, -0.15) is 0 Å². The van der Waals surface area contributed by atoms with Gasteiger partial charge in [0.2, 0.25) is 0 Å². The molecular formula is C16H26N2O. The monoisotopic (exact) mass is 262 g/mol. The standard InChI is InChI=1S/C16H26N2O/c1-13(2)18-10-5-7-14(9-11-18)17-15-6-4-8-16(12-15)19-3/h4,6,8,12-14,17H,5,7,9-11H2,1-3H3. The van der Waals surface area contributed by atoms with Crippen molar-refractivity contribution in [2.45, 2.75) is 45.2 Å². The molecule has 0 bridgehead atoms. The molecule has 3 heteroatoms. The van der Waals surface area contributed by atoms with Gasteiger partial charge in [0.1, 0.15) is 5.75 Å². The molecule has 1 N–H and O–H groups in total. The Bertz CT molecular complexity index is 392. The number of nitrogens with zero attached hydrogens (tertiary/aromatic N) is 1. The molecule has 0 amide bonds. The lowest BCUT2D eigenvalue weighted by Crippen LogP contribution is -2.32. The molecule has 0 saturated carbocycles. The maximum Gasteiger partial charge on any atom is 0.120 e. The third-order valence-corrected chi connectivity index (χ3v) is 3.93. The second-order valence-corrected chi connectivity index (χ2v) is 5.63. The highest BCUT2D eigenvalue weighted by molar-refractivity contribution is 5.48. The summed E-state index contributed by atoms with van der Waals surface area (Å²) in [6.45, 7) is 7.00. The Labute approximate surface area is 116 Å². The molecule has 0 spiro atoms. The fourth-order valence-electron chi connectivity index (χ4n) is 2.73. The molecule has 19 heavy (non-hydrogen) atoms. The zero-order valence-electron chi connectivity index (χ0n) is 12.4. The van der Waals surface area contributed by atoms with E-state index >= 15 is 0 Å². The van der Waals surface area contributed by atoms with Crippen molar-refractivity contribution in [3.05, 3.63) is 24.3 Å². The van der Waals surface area contributed by atoms with Crippen LogP contribution < -0.4 is 10.1 Å². The van der Waals surface area contributed by atoms with Crippen molar-refractivity contribution in [2.75, 3.05) is 25.5 Å². The van der Waals surface area contributed by atoms with Crippen LogP contribution in [0, 0.1) is 0 Å². The molecule has 2 rings (SSSR count). The van der Waals surface area contributed by atoms with E-state index in [4.69, 9.17) is 4.74 Å². The SMILES string of the molecule is COc1cccc(NC2CCCN(C(C)C)CC2)c1. The summed E-state index contributed by atoms with van der Waals surface area (Å²) in [6, 6.07) is 9.46. The minimum atomic E-state index is 0.579. The fraction of sp³-hybridized carbons (Fsp3) is 0.625. The molecule has 1 aliphatic rings. The molecule has 1 aliphatic heterocycles. The van der Waals surface area contributed by atoms with Gasteiger partial charge in [-0.25, -0.2) is 0 Å². The van der Waals surface area contributed by atoms with Crippen LogP contribution in [-0.2, 0) is 0 Å². The van der Waals surface area contributed by atoms with E-state index in [1.807, 2.05) is 12.1 Å². The number of hydrogen-bond acceptors (Lipinski definition) is 3. The summed E-state index contributed by atoms with van der Waals surface area (Å²) in [6.07, 6.45) is 3.75. The average molecular weight is 262 g/mol. The Morgan fingerprint density at radius 3 is 2.84 bits per heavy atom. The van der Waals surface area contributed by atoms with E-state index in [9.17, 15) is 0 Å². The molecule has 0 aromatic heterocycles. The number of hydrogen-bond donors (Lipinski definition) is 1. The largest absolute Gasteiger partial charge is 0.497 e. The Morgan fingerprint density at radius 2 is 2.11 bits per heavy atom. The third-order valence-electron chi connectivity index (χ3n) is 3.93. The molecule has 0 aliphatic carbocycles. The number of ether oxygens (including phenoxy) is 1. The first-order chi connectivity index (χ1) is 9.19. The number of nitrogens with one attached hydrogen (secondary N) is 1. The average Bonchev–Trinajstić information content (AvgIpc) is 2.65. The first-order valence-corrected chi connectivity index (χ1v) is 7.33. The molecular weight excluding hydrogens is 236 g/mol. The van der Waals surface area contributed by atoms with Crippen LogP contribution in [0.4, 0.5) is 5.69 Å². The van der Waals surface area contributed by atoms with E-state index in [2.05, 4.69) is 36.2 Å². The van der Waals surface area contributed by atoms with Crippen molar-refractivity contribution in [2.24, 2.45) is 0 Å². The third kappa shape index (κ3) is 4.13. The second-order valence-electron chi connectivity index (χ2n) is 5.63. The van der Waals surface area contributed by atoms with E-state index < -0.39 is 0 Å². The first-order valence-electron chi connectivity index (χ1n) is 7.33. The van der Waals surface area contributed by atoms with Crippen molar-refractivity contribution in [1.82, 2.24) is 4.90 Å². The Morgan fingerprint density at radius 1 is 1.26 bits per heavy atom. The predicted molar refractivity (Wildman–Crippen MR) is 81.0 cm³/mol. The zero-order valence-corrected chi connectivity index (χ0v) is 12.4. The summed E-state index contributed by atoms with van der Waals surface area (Å²) in [5.74, 6) is 0.919. The van der Waals surface area contributed by atoms with Crippen molar-refractivity contribution in [3.63, 3.8) is 0 Å². The summed E-state index contributed by atoms with van der Waals surface area (Å²) in [5, 5.41) is 3.65. The van der Waals surface area contributed by atoms with Crippen LogP contribution in [0.5, 0.6) is 5.75 Å². The Balaban J connectivity index is 1.92. The van der Waals surface area contributed by atoms with Crippen LogP contribution in [0.15, 0.2) is 24.3 Å². The molecule has 106 valence electrons. The molecule has 1 aromatic carbocycles. The molecule has 1 heterocycles. The highest BCUT2D eigenvalue weighted by Crippen LogP contribution is 2.21. The fourth-order valence-corrected chi connectivity index (χ4v) is 2.73. The highest BCUT2D eigenvalue weighted by atomic mass is 16.5. The number of benzene rings is 1. The molecule has 1 saturated heterocycles. The van der Waals surface area contributed by atoms with Crippen molar-refractivity contribution < 1.29 is 4.74 Å². The van der Waals surface area contributed by atoms with Gasteiger partial charge < -0.3 is 15.0 Å². The number of anilines is 1. The van der Waals surface area contributed by atoms with Crippen LogP contribution in [0.25, 0.3) is 0 Å². The predicted octanol–water partition coefficient (Wildman–Crippen LogP) is 3.37. The maximum absolute atomic E-state index is 5.27. The van der Waals surface area contributed by atoms with Gasteiger partial charge in [0, 0.05) is 30.4 Å². The lowest BCUT2D eigenvalue weighted by molar-refractivity contribution is 0.230. The number of rotatable bonds is 4. The van der Waals surface area contributed by atoms with Crippen LogP contribution in [0.1, 0.15) is 33.1 Å². The highest BCUT2D eigenvalue weighted by Gasteiger charge is 2.18. The van der Waals surface area contributed by atoms with Crippen LogP contribution in [0.3, 0.4) is 0 Å². The zero-order chi connectivity index (χ0) is 13.7. The van der Waals surface area contributed by atoms with E-state index in [1.165, 1.54) is 38.0 Å². The maximum atomic E-state index is 5.27. The van der Waals surface area contributed by atoms with Gasteiger partial charge >= 0.3 is 0 Å². The minimum Gasteiger partial charge on any atom is -0.497 e. The second kappa shape index (κ2) is 6.80. The lowest BCUT2D eigenvalue weighted by atomic mass is 10.1. The Kier molecular flexibility index (Phi) is 5.08. The smallest absolute Gasteiger partial charge is 0.120 e. The van der Waals surface area contributed by atoms with E-state index in [1.54, 1.807) is 7.11 Å². The number of methoxy groups -OCH3 is 1. The molecule has 1 fully saturated rings. The van der Waals surface area contributed by atoms with Gasteiger partial charge in [-0.1, -0.05) is 6.07 Å². The quantitative estimate of drug-likeness (QED) is 0.900. The van der Waals surface area contributed by atoms with Gasteiger partial charge in [0.15, 0.2) is 0 Å². The molecule has 0 radical (unpaired) electrons. The van der Waals surface area contributed by atoms with Crippen molar-refractivity contribution in [1.29, 1.82) is 0 Å². The topological polar surface area (TPSA) is 24.5 Å². The molecule has 1 aromatic rings. The van der Waals surface area contributed by atoms with Gasteiger partial charge in [-0.15, -0.1) is 0 Å². The normalized spacial score (nSPS) is 21.2. The molecule has 1 atom stereocenters. The van der Waals surface area contributed by atoms with Crippen molar-refractivity contribution in [3.8, 4) is 5.75 Å². The summed E-state index contributed by atoms with van der Waals surface area (Å²) >= 11 is 0. The molecule has 3 nitrogen and oxygen atoms in total. The van der Waals surface area contributed by atoms with E-state index in [0.717, 1.165) is 5.75 Å². The summed E-state index contributed by atoms with van der Waals surface area (Å²) < 4.78 is 5.27. The van der Waals surface area contributed by atoms with Crippen LogP contribution in [-0.4, -0.2) is 37.2 Å². The van der Waals surface area contributed by atoms with Gasteiger partial charge in [-0.05, 0) is 51.8 Å². The van der Waals surface area contributed by atoms with Gasteiger partial charge in [0.25, 0.3) is 0 Å². The number of likely N-dealkylation sites (tertiary alicyclic amines) is 1. The van der Waals surface area contributed by atoms with E-state index in [0.29, 0.717) is 12.1 Å². The van der Waals surface area contributed by atoms with E-state index in [-0.39, 0.29) is 0 Å². The van der Waals surface area contributed by atoms with Crippen LogP contribution >= 0.6 is 0 Å². The summed E-state index contributed by atoms with van der Waals surface area (Å²) in [5.41, 5.74) is 1.17. The Hall–Kier alpha value is -1.22. The van der Waals surface area contributed by atoms with Gasteiger partial charge in [-0.3, -0.25) is 0 Å². The van der Waals surface area contributed by atoms with Crippen molar-refractivity contribution >= 4 is 5.69 Å². The minimum absolute atomic E-state index is 0.579. The van der Waals surface area contributed by atoms with Gasteiger partial charge in [0.05, 0.1) is 7.11 Å². The summed E-state index contributed by atoms with van der Waals surface area (Å²) in [4.78, 5) is 2.58. The lowest BCUT2D eigenvalue weighted by Gasteiger charge is -2.24. The summed E-state index contributed by atoms with van der Waals surface area (Å²) in [7, 11) is 1.71. The van der Waals surface area contributed by atoms with Crippen LogP contribution in [0.2, 0.25) is 0 Å². The first kappa shape index (κ1) is 14.2.